The van der Waals surface area contributed by atoms with E-state index in [-0.39, 0.29) is 23.7 Å². The Bertz CT molecular complexity index is 777. The zero-order valence-electron chi connectivity index (χ0n) is 14.7. The summed E-state index contributed by atoms with van der Waals surface area (Å²) < 4.78 is 32.9. The fourth-order valence-corrected chi connectivity index (χ4v) is 3.14. The van der Waals surface area contributed by atoms with Gasteiger partial charge in [0, 0.05) is 25.1 Å². The first kappa shape index (κ1) is 18.3. The second kappa shape index (κ2) is 8.27. The van der Waals surface area contributed by atoms with Crippen LogP contribution in [0.1, 0.15) is 30.1 Å². The van der Waals surface area contributed by atoms with Crippen molar-refractivity contribution < 1.29 is 13.5 Å². The van der Waals surface area contributed by atoms with E-state index >= 15 is 0 Å². The molecule has 1 heterocycles. The van der Waals surface area contributed by atoms with Crippen molar-refractivity contribution in [2.24, 2.45) is 16.6 Å². The van der Waals surface area contributed by atoms with Gasteiger partial charge in [-0.05, 0) is 37.5 Å². The van der Waals surface area contributed by atoms with E-state index in [4.69, 9.17) is 10.5 Å². The smallest absolute Gasteiger partial charge is 0.193 e. The van der Waals surface area contributed by atoms with Gasteiger partial charge in [0.1, 0.15) is 11.6 Å². The Morgan fingerprint density at radius 3 is 2.77 bits per heavy atom. The lowest BCUT2D eigenvalue weighted by Gasteiger charge is -2.31. The first-order chi connectivity index (χ1) is 12.5. The maximum Gasteiger partial charge on any atom is 0.193 e. The molecule has 1 saturated heterocycles. The van der Waals surface area contributed by atoms with Gasteiger partial charge in [-0.15, -0.1) is 0 Å². The molecule has 1 fully saturated rings. The van der Waals surface area contributed by atoms with Crippen LogP contribution in [0.5, 0.6) is 0 Å². The second-order valence-corrected chi connectivity index (χ2v) is 6.58. The van der Waals surface area contributed by atoms with Crippen LogP contribution in [0.25, 0.3) is 0 Å². The summed E-state index contributed by atoms with van der Waals surface area (Å²) in [6.45, 7) is 3.22. The molecule has 26 heavy (non-hydrogen) atoms. The molecule has 2 aromatic carbocycles. The van der Waals surface area contributed by atoms with Gasteiger partial charge < -0.3 is 15.8 Å². The summed E-state index contributed by atoms with van der Waals surface area (Å²) in [6, 6.07) is 11.4. The van der Waals surface area contributed by atoms with E-state index in [1.54, 1.807) is 0 Å². The average molecular weight is 359 g/mol. The number of aryl methyl sites for hydroxylation is 1. The number of nitrogens with zero attached hydrogens (tertiary/aromatic N) is 1. The van der Waals surface area contributed by atoms with Crippen LogP contribution in [-0.4, -0.2) is 19.1 Å². The highest BCUT2D eigenvalue weighted by molar-refractivity contribution is 5.92. The number of nitrogens with one attached hydrogen (secondary N) is 1. The zero-order chi connectivity index (χ0) is 18.5. The lowest BCUT2D eigenvalue weighted by Crippen LogP contribution is -2.28. The summed E-state index contributed by atoms with van der Waals surface area (Å²) >= 11 is 0. The molecular formula is C20H23F2N3O. The van der Waals surface area contributed by atoms with Gasteiger partial charge >= 0.3 is 0 Å². The molecule has 3 rings (SSSR count). The maximum absolute atomic E-state index is 13.7. The molecule has 0 aliphatic carbocycles. The lowest BCUT2D eigenvalue weighted by atomic mass is 9.89. The number of ether oxygens (including phenoxy) is 1. The molecular weight excluding hydrogens is 336 g/mol. The Kier molecular flexibility index (Phi) is 5.83. The lowest BCUT2D eigenvalue weighted by molar-refractivity contribution is -0.0250. The molecule has 0 aromatic heterocycles. The normalized spacial score (nSPS) is 20.8. The minimum absolute atomic E-state index is 0.0266. The van der Waals surface area contributed by atoms with E-state index in [0.29, 0.717) is 6.54 Å². The number of nitrogens with two attached hydrogens (primary N) is 1. The van der Waals surface area contributed by atoms with E-state index in [9.17, 15) is 8.78 Å². The molecule has 0 bridgehead atoms. The van der Waals surface area contributed by atoms with Crippen molar-refractivity contribution in [3.05, 3.63) is 65.2 Å². The van der Waals surface area contributed by atoms with Crippen molar-refractivity contribution in [3.8, 4) is 0 Å². The van der Waals surface area contributed by atoms with Crippen LogP contribution in [0.3, 0.4) is 0 Å². The Morgan fingerprint density at radius 1 is 1.23 bits per heavy atom. The number of guanidine groups is 1. The monoisotopic (exact) mass is 359 g/mol. The second-order valence-electron chi connectivity index (χ2n) is 6.58. The molecule has 138 valence electrons. The van der Waals surface area contributed by atoms with E-state index in [0.717, 1.165) is 43.2 Å². The Balaban J connectivity index is 1.68. The number of benzene rings is 2. The van der Waals surface area contributed by atoms with Crippen LogP contribution in [0, 0.1) is 24.5 Å². The number of hydrogen-bond donors (Lipinski definition) is 2. The van der Waals surface area contributed by atoms with Crippen molar-refractivity contribution in [2.45, 2.75) is 25.9 Å². The Hall–Kier alpha value is -2.47. The molecule has 0 spiro atoms. The van der Waals surface area contributed by atoms with Crippen molar-refractivity contribution >= 4 is 11.6 Å². The Morgan fingerprint density at radius 2 is 2.00 bits per heavy atom. The predicted molar refractivity (Wildman–Crippen MR) is 99.1 cm³/mol. The highest BCUT2D eigenvalue weighted by Gasteiger charge is 2.27. The minimum Gasteiger partial charge on any atom is -0.373 e. The largest absolute Gasteiger partial charge is 0.373 e. The summed E-state index contributed by atoms with van der Waals surface area (Å²) in [5, 5.41) is 2.62. The van der Waals surface area contributed by atoms with Crippen molar-refractivity contribution in [1.82, 2.24) is 0 Å². The van der Waals surface area contributed by atoms with E-state index in [1.807, 2.05) is 6.92 Å². The third kappa shape index (κ3) is 4.58. The number of rotatable bonds is 4. The topological polar surface area (TPSA) is 59.6 Å². The van der Waals surface area contributed by atoms with Crippen LogP contribution in [0.2, 0.25) is 0 Å². The summed E-state index contributed by atoms with van der Waals surface area (Å²) in [5.74, 6) is -0.878. The van der Waals surface area contributed by atoms with Crippen molar-refractivity contribution in [2.75, 3.05) is 18.5 Å². The van der Waals surface area contributed by atoms with E-state index in [1.165, 1.54) is 5.56 Å². The standard InChI is InChI=1S/C20H23F2N3O/c1-13-4-6-14(7-5-13)19-15(3-2-10-26-19)12-24-20(23)25-18-11-16(21)8-9-17(18)22/h4-9,11,15,19H,2-3,10,12H2,1H3,(H3,23,24,25). The fourth-order valence-electron chi connectivity index (χ4n) is 3.14. The molecule has 4 nitrogen and oxygen atoms in total. The number of anilines is 1. The summed E-state index contributed by atoms with van der Waals surface area (Å²) in [4.78, 5) is 4.32. The first-order valence-electron chi connectivity index (χ1n) is 8.73. The maximum atomic E-state index is 13.7. The van der Waals surface area contributed by atoms with Gasteiger partial charge in [0.05, 0.1) is 11.8 Å². The molecule has 0 saturated carbocycles. The third-order valence-electron chi connectivity index (χ3n) is 4.54. The molecule has 3 N–H and O–H groups in total. The van der Waals surface area contributed by atoms with Gasteiger partial charge in [-0.1, -0.05) is 29.8 Å². The highest BCUT2D eigenvalue weighted by Crippen LogP contribution is 2.34. The van der Waals surface area contributed by atoms with Crippen LogP contribution in [0.15, 0.2) is 47.5 Å². The van der Waals surface area contributed by atoms with E-state index < -0.39 is 11.6 Å². The van der Waals surface area contributed by atoms with Gasteiger partial charge in [0.25, 0.3) is 0 Å². The molecule has 0 amide bonds. The van der Waals surface area contributed by atoms with Crippen molar-refractivity contribution in [3.63, 3.8) is 0 Å². The SMILES string of the molecule is Cc1ccc(C2OCCCC2CN=C(N)Nc2cc(F)ccc2F)cc1. The van der Waals surface area contributed by atoms with Crippen LogP contribution in [0.4, 0.5) is 14.5 Å². The molecule has 2 atom stereocenters. The molecule has 2 aromatic rings. The molecule has 2 unspecified atom stereocenters. The number of hydrogen-bond acceptors (Lipinski definition) is 2. The highest BCUT2D eigenvalue weighted by atomic mass is 19.1. The molecule has 0 radical (unpaired) electrons. The van der Waals surface area contributed by atoms with Gasteiger partial charge in [0.15, 0.2) is 5.96 Å². The van der Waals surface area contributed by atoms with Gasteiger partial charge in [-0.3, -0.25) is 4.99 Å². The van der Waals surface area contributed by atoms with Crippen LogP contribution < -0.4 is 11.1 Å². The molecule has 1 aliphatic heterocycles. The first-order valence-corrected chi connectivity index (χ1v) is 8.73. The van der Waals surface area contributed by atoms with Gasteiger partial charge in [0.2, 0.25) is 0 Å². The van der Waals surface area contributed by atoms with Gasteiger partial charge in [-0.2, -0.15) is 0 Å². The molecule has 1 aliphatic rings. The zero-order valence-corrected chi connectivity index (χ0v) is 14.7. The quantitative estimate of drug-likeness (QED) is 0.636. The third-order valence-corrected chi connectivity index (χ3v) is 4.54. The summed E-state index contributed by atoms with van der Waals surface area (Å²) in [6.07, 6.45) is 1.91. The fraction of sp³-hybridized carbons (Fsp3) is 0.350. The molecule has 6 heteroatoms. The van der Waals surface area contributed by atoms with Gasteiger partial charge in [-0.25, -0.2) is 8.78 Å². The predicted octanol–water partition coefficient (Wildman–Crippen LogP) is 4.17. The van der Waals surface area contributed by atoms with Crippen LogP contribution in [-0.2, 0) is 4.74 Å². The Labute approximate surface area is 152 Å². The summed E-state index contributed by atoms with van der Waals surface area (Å²) in [7, 11) is 0. The number of aliphatic imine (C=N–C) groups is 1. The van der Waals surface area contributed by atoms with Crippen LogP contribution >= 0.6 is 0 Å². The van der Waals surface area contributed by atoms with E-state index in [2.05, 4.69) is 34.6 Å². The average Bonchev–Trinajstić information content (AvgIpc) is 2.64. The number of halogens is 2. The minimum atomic E-state index is -0.580. The van der Waals surface area contributed by atoms with Crippen molar-refractivity contribution in [1.29, 1.82) is 0 Å². The summed E-state index contributed by atoms with van der Waals surface area (Å²) in [5.41, 5.74) is 8.15.